The number of carbonyl (C=O) groups excluding carboxylic acids is 1. The zero-order valence-electron chi connectivity index (χ0n) is 16.8. The Hall–Kier alpha value is -2.60. The highest BCUT2D eigenvalue weighted by Gasteiger charge is 2.38. The van der Waals surface area contributed by atoms with Gasteiger partial charge in [-0.1, -0.05) is 18.2 Å². The van der Waals surface area contributed by atoms with Gasteiger partial charge in [0.15, 0.2) is 11.5 Å². The molecular weight excluding hydrogens is 373 g/mol. The molecule has 1 N–H and O–H groups in total. The van der Waals surface area contributed by atoms with Crippen molar-refractivity contribution in [1.82, 2.24) is 5.32 Å². The molecule has 0 bridgehead atoms. The SMILES string of the molecule is CC(C)(C(=O)NCC1(c2ccc3c(c2)OCO3)CCOCC1)c1ccc(F)cc1. The van der Waals surface area contributed by atoms with Crippen LogP contribution in [0.5, 0.6) is 11.5 Å². The van der Waals surface area contributed by atoms with Crippen LogP contribution >= 0.6 is 0 Å². The molecule has 2 aromatic carbocycles. The molecule has 0 aromatic heterocycles. The number of hydrogen-bond acceptors (Lipinski definition) is 4. The van der Waals surface area contributed by atoms with E-state index in [2.05, 4.69) is 11.4 Å². The van der Waals surface area contributed by atoms with Gasteiger partial charge in [0, 0.05) is 25.2 Å². The van der Waals surface area contributed by atoms with Crippen LogP contribution in [0.15, 0.2) is 42.5 Å². The normalized spacial score (nSPS) is 17.8. The maximum absolute atomic E-state index is 13.3. The highest BCUT2D eigenvalue weighted by atomic mass is 19.1. The fraction of sp³-hybridized carbons (Fsp3) is 0.435. The summed E-state index contributed by atoms with van der Waals surface area (Å²) in [6, 6.07) is 12.1. The van der Waals surface area contributed by atoms with Gasteiger partial charge < -0.3 is 19.5 Å². The quantitative estimate of drug-likeness (QED) is 0.833. The number of carbonyl (C=O) groups is 1. The maximum atomic E-state index is 13.3. The Balaban J connectivity index is 1.54. The molecule has 0 aliphatic carbocycles. The molecular formula is C23H26FNO4. The fourth-order valence-corrected chi connectivity index (χ4v) is 4.02. The summed E-state index contributed by atoms with van der Waals surface area (Å²) in [6.07, 6.45) is 1.62. The van der Waals surface area contributed by atoms with Crippen molar-refractivity contribution >= 4 is 5.91 Å². The van der Waals surface area contributed by atoms with Crippen molar-refractivity contribution in [3.63, 3.8) is 0 Å². The minimum absolute atomic E-state index is 0.0873. The van der Waals surface area contributed by atoms with Crippen molar-refractivity contribution < 1.29 is 23.4 Å². The molecule has 1 saturated heterocycles. The van der Waals surface area contributed by atoms with Crippen molar-refractivity contribution in [3.8, 4) is 11.5 Å². The summed E-state index contributed by atoms with van der Waals surface area (Å²) in [5, 5.41) is 3.15. The van der Waals surface area contributed by atoms with Crippen LogP contribution in [0.3, 0.4) is 0 Å². The van der Waals surface area contributed by atoms with Gasteiger partial charge in [0.05, 0.1) is 5.41 Å². The molecule has 29 heavy (non-hydrogen) atoms. The Morgan fingerprint density at radius 3 is 2.48 bits per heavy atom. The molecule has 1 fully saturated rings. The Morgan fingerprint density at radius 2 is 1.76 bits per heavy atom. The van der Waals surface area contributed by atoms with Crippen molar-refractivity contribution in [2.24, 2.45) is 0 Å². The lowest BCUT2D eigenvalue weighted by atomic mass is 9.73. The molecule has 0 atom stereocenters. The average molecular weight is 399 g/mol. The molecule has 6 heteroatoms. The van der Waals surface area contributed by atoms with Crippen LogP contribution in [0.1, 0.15) is 37.8 Å². The van der Waals surface area contributed by atoms with E-state index >= 15 is 0 Å². The third-order valence-electron chi connectivity index (χ3n) is 6.16. The molecule has 2 aliphatic rings. The van der Waals surface area contributed by atoms with Crippen LogP contribution in [0.25, 0.3) is 0 Å². The van der Waals surface area contributed by atoms with Crippen molar-refractivity contribution in [1.29, 1.82) is 0 Å². The van der Waals surface area contributed by atoms with E-state index in [9.17, 15) is 9.18 Å². The summed E-state index contributed by atoms with van der Waals surface area (Å²) in [5.74, 6) is 1.09. The molecule has 5 nitrogen and oxygen atoms in total. The Kier molecular flexibility index (Phi) is 5.21. The maximum Gasteiger partial charge on any atom is 0.231 e. The molecule has 4 rings (SSSR count). The fourth-order valence-electron chi connectivity index (χ4n) is 4.02. The molecule has 2 aromatic rings. The Bertz CT molecular complexity index is 888. The summed E-state index contributed by atoms with van der Waals surface area (Å²) in [5.41, 5.74) is 0.897. The van der Waals surface area contributed by atoms with Crippen LogP contribution < -0.4 is 14.8 Å². The van der Waals surface area contributed by atoms with Crippen LogP contribution in [0.2, 0.25) is 0 Å². The Labute approximate surface area is 170 Å². The number of nitrogens with one attached hydrogen (secondary N) is 1. The summed E-state index contributed by atoms with van der Waals surface area (Å²) in [6.45, 7) is 5.73. The molecule has 154 valence electrons. The second kappa shape index (κ2) is 7.67. The second-order valence-electron chi connectivity index (χ2n) is 8.28. The topological polar surface area (TPSA) is 56.8 Å². The van der Waals surface area contributed by atoms with Gasteiger partial charge in [0.25, 0.3) is 0 Å². The Morgan fingerprint density at radius 1 is 1.07 bits per heavy atom. The van der Waals surface area contributed by atoms with E-state index in [1.165, 1.54) is 12.1 Å². The number of benzene rings is 2. The molecule has 1 amide bonds. The lowest BCUT2D eigenvalue weighted by Gasteiger charge is -2.39. The van der Waals surface area contributed by atoms with E-state index < -0.39 is 5.41 Å². The first-order chi connectivity index (χ1) is 13.9. The van der Waals surface area contributed by atoms with Crippen molar-refractivity contribution in [2.45, 2.75) is 37.5 Å². The standard InChI is InChI=1S/C23H26FNO4/c1-22(2,16-3-6-18(24)7-4-16)21(26)25-14-23(9-11-27-12-10-23)17-5-8-19-20(13-17)29-15-28-19/h3-8,13H,9-12,14-15H2,1-2H3,(H,25,26). The first kappa shape index (κ1) is 19.7. The monoisotopic (exact) mass is 399 g/mol. The summed E-state index contributed by atoms with van der Waals surface area (Å²) in [7, 11) is 0. The number of halogens is 1. The van der Waals surface area contributed by atoms with Gasteiger partial charge in [-0.3, -0.25) is 4.79 Å². The smallest absolute Gasteiger partial charge is 0.231 e. The lowest BCUT2D eigenvalue weighted by molar-refractivity contribution is -0.126. The second-order valence-corrected chi connectivity index (χ2v) is 8.28. The van der Waals surface area contributed by atoms with E-state index in [0.29, 0.717) is 19.8 Å². The highest BCUT2D eigenvalue weighted by molar-refractivity contribution is 5.87. The van der Waals surface area contributed by atoms with E-state index in [1.54, 1.807) is 12.1 Å². The molecule has 2 heterocycles. The molecule has 0 unspecified atom stereocenters. The van der Waals surface area contributed by atoms with Gasteiger partial charge in [0.2, 0.25) is 12.7 Å². The van der Waals surface area contributed by atoms with Gasteiger partial charge in [-0.15, -0.1) is 0 Å². The lowest BCUT2D eigenvalue weighted by Crippen LogP contribution is -2.48. The number of ether oxygens (including phenoxy) is 3. The van der Waals surface area contributed by atoms with Gasteiger partial charge >= 0.3 is 0 Å². The van der Waals surface area contributed by atoms with E-state index in [4.69, 9.17) is 14.2 Å². The summed E-state index contributed by atoms with van der Waals surface area (Å²) in [4.78, 5) is 13.1. The first-order valence-corrected chi connectivity index (χ1v) is 9.93. The van der Waals surface area contributed by atoms with Gasteiger partial charge in [-0.2, -0.15) is 0 Å². The predicted molar refractivity (Wildman–Crippen MR) is 107 cm³/mol. The average Bonchev–Trinajstić information content (AvgIpc) is 3.21. The van der Waals surface area contributed by atoms with E-state index in [-0.39, 0.29) is 23.9 Å². The van der Waals surface area contributed by atoms with Crippen LogP contribution in [0, 0.1) is 5.82 Å². The van der Waals surface area contributed by atoms with E-state index in [1.807, 2.05) is 26.0 Å². The minimum Gasteiger partial charge on any atom is -0.454 e. The minimum atomic E-state index is -0.769. The number of rotatable bonds is 5. The number of hydrogen-bond donors (Lipinski definition) is 1. The molecule has 2 aliphatic heterocycles. The summed E-state index contributed by atoms with van der Waals surface area (Å²) < 4.78 is 29.8. The molecule has 0 spiro atoms. The molecule has 0 saturated carbocycles. The zero-order valence-corrected chi connectivity index (χ0v) is 16.8. The summed E-state index contributed by atoms with van der Waals surface area (Å²) >= 11 is 0. The van der Waals surface area contributed by atoms with Crippen molar-refractivity contribution in [2.75, 3.05) is 26.6 Å². The third kappa shape index (κ3) is 3.81. The van der Waals surface area contributed by atoms with E-state index in [0.717, 1.165) is 35.5 Å². The first-order valence-electron chi connectivity index (χ1n) is 9.93. The van der Waals surface area contributed by atoms with Crippen molar-refractivity contribution in [3.05, 3.63) is 59.4 Å². The van der Waals surface area contributed by atoms with Gasteiger partial charge in [-0.05, 0) is 62.1 Å². The van der Waals surface area contributed by atoms with Gasteiger partial charge in [-0.25, -0.2) is 4.39 Å². The van der Waals surface area contributed by atoms with Crippen LogP contribution in [-0.2, 0) is 20.4 Å². The highest BCUT2D eigenvalue weighted by Crippen LogP contribution is 2.40. The molecule has 0 radical (unpaired) electrons. The van der Waals surface area contributed by atoms with Gasteiger partial charge in [0.1, 0.15) is 5.82 Å². The largest absolute Gasteiger partial charge is 0.454 e. The van der Waals surface area contributed by atoms with Crippen LogP contribution in [-0.4, -0.2) is 32.5 Å². The zero-order chi connectivity index (χ0) is 20.5. The number of fused-ring (bicyclic) bond motifs is 1. The number of amides is 1. The van der Waals surface area contributed by atoms with Crippen LogP contribution in [0.4, 0.5) is 4.39 Å². The predicted octanol–water partition coefficient (Wildman–Crippen LogP) is 3.70. The third-order valence-corrected chi connectivity index (χ3v) is 6.16.